The molecule has 0 aliphatic carbocycles. The molecule has 0 fully saturated rings. The van der Waals surface area contributed by atoms with Gasteiger partial charge in [-0.05, 0) is 40.4 Å². The van der Waals surface area contributed by atoms with Gasteiger partial charge in [-0.15, -0.1) is 0 Å². The molecule has 2 rings (SSSR count). The van der Waals surface area contributed by atoms with Crippen LogP contribution in [0.5, 0.6) is 0 Å². The predicted molar refractivity (Wildman–Crippen MR) is 61.6 cm³/mol. The lowest BCUT2D eigenvalue weighted by molar-refractivity contribution is 0.734. The van der Waals surface area contributed by atoms with Crippen LogP contribution in [0.1, 0.15) is 6.92 Å². The quantitative estimate of drug-likeness (QED) is 0.764. The standard InChI is InChI=1S/C11H10BrNO/c1-2-13-7-6-8-4-3-5-9(12)10(8)11(13)14/h3-7H,2H2,1H3. The lowest BCUT2D eigenvalue weighted by atomic mass is 10.2. The van der Waals surface area contributed by atoms with Gasteiger partial charge in [0.15, 0.2) is 0 Å². The number of pyridine rings is 1. The van der Waals surface area contributed by atoms with Gasteiger partial charge in [0.25, 0.3) is 5.56 Å². The van der Waals surface area contributed by atoms with E-state index in [0.717, 1.165) is 15.2 Å². The maximum absolute atomic E-state index is 11.9. The third-order valence-electron chi connectivity index (χ3n) is 2.30. The minimum absolute atomic E-state index is 0.0671. The first kappa shape index (κ1) is 9.46. The number of aromatic nitrogens is 1. The molecule has 0 aliphatic heterocycles. The molecule has 14 heavy (non-hydrogen) atoms. The highest BCUT2D eigenvalue weighted by Gasteiger charge is 2.04. The van der Waals surface area contributed by atoms with E-state index in [4.69, 9.17) is 0 Å². The van der Waals surface area contributed by atoms with Crippen LogP contribution in [0.2, 0.25) is 0 Å². The molecule has 0 bridgehead atoms. The minimum atomic E-state index is 0.0671. The van der Waals surface area contributed by atoms with E-state index in [2.05, 4.69) is 15.9 Å². The van der Waals surface area contributed by atoms with Crippen molar-refractivity contribution in [2.24, 2.45) is 0 Å². The fourth-order valence-electron chi connectivity index (χ4n) is 1.54. The van der Waals surface area contributed by atoms with E-state index in [1.165, 1.54) is 0 Å². The van der Waals surface area contributed by atoms with Crippen LogP contribution in [0.4, 0.5) is 0 Å². The van der Waals surface area contributed by atoms with Crippen LogP contribution >= 0.6 is 15.9 Å². The molecule has 0 radical (unpaired) electrons. The molecular formula is C11H10BrNO. The SMILES string of the molecule is CCn1ccc2cccc(Br)c2c1=O. The van der Waals surface area contributed by atoms with Gasteiger partial charge in [-0.1, -0.05) is 12.1 Å². The second-order valence-electron chi connectivity index (χ2n) is 3.11. The normalized spacial score (nSPS) is 10.7. The number of hydrogen-bond acceptors (Lipinski definition) is 1. The van der Waals surface area contributed by atoms with Crippen LogP contribution in [0.15, 0.2) is 39.7 Å². The summed E-state index contributed by atoms with van der Waals surface area (Å²) >= 11 is 3.40. The van der Waals surface area contributed by atoms with E-state index in [0.29, 0.717) is 6.54 Å². The highest BCUT2D eigenvalue weighted by atomic mass is 79.9. The van der Waals surface area contributed by atoms with E-state index < -0.39 is 0 Å². The molecule has 0 atom stereocenters. The Morgan fingerprint density at radius 3 is 2.86 bits per heavy atom. The van der Waals surface area contributed by atoms with Gasteiger partial charge in [0.05, 0.1) is 5.39 Å². The molecule has 3 heteroatoms. The van der Waals surface area contributed by atoms with Crippen LogP contribution in [-0.4, -0.2) is 4.57 Å². The molecule has 0 spiro atoms. The van der Waals surface area contributed by atoms with Gasteiger partial charge < -0.3 is 4.57 Å². The Labute approximate surface area is 90.3 Å². The van der Waals surface area contributed by atoms with Crippen molar-refractivity contribution in [1.29, 1.82) is 0 Å². The van der Waals surface area contributed by atoms with E-state index in [1.54, 1.807) is 4.57 Å². The van der Waals surface area contributed by atoms with Gasteiger partial charge in [0.1, 0.15) is 0 Å². The maximum Gasteiger partial charge on any atom is 0.259 e. The van der Waals surface area contributed by atoms with Crippen molar-refractivity contribution in [3.63, 3.8) is 0 Å². The average Bonchev–Trinajstić information content (AvgIpc) is 2.18. The Hall–Kier alpha value is -1.09. The van der Waals surface area contributed by atoms with Gasteiger partial charge in [-0.25, -0.2) is 0 Å². The lowest BCUT2D eigenvalue weighted by Crippen LogP contribution is -2.18. The molecule has 0 saturated heterocycles. The summed E-state index contributed by atoms with van der Waals surface area (Å²) in [6, 6.07) is 7.73. The number of fused-ring (bicyclic) bond motifs is 1. The highest BCUT2D eigenvalue weighted by Crippen LogP contribution is 2.19. The monoisotopic (exact) mass is 251 g/mol. The first-order valence-corrected chi connectivity index (χ1v) is 5.31. The molecule has 0 saturated carbocycles. The summed E-state index contributed by atoms with van der Waals surface area (Å²) in [4.78, 5) is 11.9. The van der Waals surface area contributed by atoms with Crippen molar-refractivity contribution < 1.29 is 0 Å². The summed E-state index contributed by atoms with van der Waals surface area (Å²) in [5, 5.41) is 1.74. The van der Waals surface area contributed by atoms with E-state index >= 15 is 0 Å². The molecule has 0 unspecified atom stereocenters. The zero-order chi connectivity index (χ0) is 10.1. The van der Waals surface area contributed by atoms with Crippen LogP contribution in [0, 0.1) is 0 Å². The molecule has 0 N–H and O–H groups in total. The fourth-order valence-corrected chi connectivity index (χ4v) is 2.09. The second-order valence-corrected chi connectivity index (χ2v) is 3.97. The van der Waals surface area contributed by atoms with Crippen LogP contribution in [-0.2, 0) is 6.54 Å². The van der Waals surface area contributed by atoms with E-state index in [-0.39, 0.29) is 5.56 Å². The summed E-state index contributed by atoms with van der Waals surface area (Å²) in [6.07, 6.45) is 1.83. The zero-order valence-electron chi connectivity index (χ0n) is 7.83. The molecule has 0 aliphatic rings. The van der Waals surface area contributed by atoms with Crippen molar-refractivity contribution in [3.05, 3.63) is 45.3 Å². The van der Waals surface area contributed by atoms with Gasteiger partial charge in [0.2, 0.25) is 0 Å². The van der Waals surface area contributed by atoms with Gasteiger partial charge in [-0.2, -0.15) is 0 Å². The topological polar surface area (TPSA) is 22.0 Å². The first-order chi connectivity index (χ1) is 6.74. The van der Waals surface area contributed by atoms with Crippen LogP contribution in [0.25, 0.3) is 10.8 Å². The van der Waals surface area contributed by atoms with Gasteiger partial charge in [-0.3, -0.25) is 4.79 Å². The number of hydrogen-bond donors (Lipinski definition) is 0. The Kier molecular flexibility index (Phi) is 2.42. The van der Waals surface area contributed by atoms with E-state index in [1.807, 2.05) is 37.4 Å². The largest absolute Gasteiger partial charge is 0.315 e. The molecular weight excluding hydrogens is 242 g/mol. The smallest absolute Gasteiger partial charge is 0.259 e. The van der Waals surface area contributed by atoms with Gasteiger partial charge in [0, 0.05) is 17.2 Å². The lowest BCUT2D eigenvalue weighted by Gasteiger charge is -2.04. The fraction of sp³-hybridized carbons (Fsp3) is 0.182. The van der Waals surface area contributed by atoms with Crippen LogP contribution in [0.3, 0.4) is 0 Å². The predicted octanol–water partition coefficient (Wildman–Crippen LogP) is 2.78. The molecule has 0 amide bonds. The van der Waals surface area contributed by atoms with Crippen molar-refractivity contribution in [3.8, 4) is 0 Å². The highest BCUT2D eigenvalue weighted by molar-refractivity contribution is 9.10. The zero-order valence-corrected chi connectivity index (χ0v) is 9.41. The molecule has 72 valence electrons. The van der Waals surface area contributed by atoms with Crippen molar-refractivity contribution in [1.82, 2.24) is 4.57 Å². The third kappa shape index (κ3) is 1.38. The Bertz CT molecular complexity index is 530. The molecule has 1 aromatic carbocycles. The average molecular weight is 252 g/mol. The number of nitrogens with zero attached hydrogens (tertiary/aromatic N) is 1. The summed E-state index contributed by atoms with van der Waals surface area (Å²) in [5.74, 6) is 0. The van der Waals surface area contributed by atoms with Crippen molar-refractivity contribution >= 4 is 26.7 Å². The number of halogens is 1. The molecule has 1 heterocycles. The number of benzene rings is 1. The first-order valence-electron chi connectivity index (χ1n) is 4.51. The van der Waals surface area contributed by atoms with Crippen molar-refractivity contribution in [2.75, 3.05) is 0 Å². The molecule has 2 nitrogen and oxygen atoms in total. The minimum Gasteiger partial charge on any atom is -0.315 e. The summed E-state index contributed by atoms with van der Waals surface area (Å²) < 4.78 is 2.57. The number of rotatable bonds is 1. The van der Waals surface area contributed by atoms with E-state index in [9.17, 15) is 4.79 Å². The summed E-state index contributed by atoms with van der Waals surface area (Å²) in [5.41, 5.74) is 0.0671. The third-order valence-corrected chi connectivity index (χ3v) is 2.96. The molecule has 1 aromatic heterocycles. The Balaban J connectivity index is 2.94. The van der Waals surface area contributed by atoms with Gasteiger partial charge >= 0.3 is 0 Å². The summed E-state index contributed by atoms with van der Waals surface area (Å²) in [6.45, 7) is 2.67. The number of aryl methyl sites for hydroxylation is 1. The molecule has 2 aromatic rings. The van der Waals surface area contributed by atoms with Crippen molar-refractivity contribution in [2.45, 2.75) is 13.5 Å². The van der Waals surface area contributed by atoms with Crippen LogP contribution < -0.4 is 5.56 Å². The summed E-state index contributed by atoms with van der Waals surface area (Å²) in [7, 11) is 0. The Morgan fingerprint density at radius 2 is 2.14 bits per heavy atom. The second kappa shape index (κ2) is 3.58. The maximum atomic E-state index is 11.9. The Morgan fingerprint density at radius 1 is 1.36 bits per heavy atom.